The Morgan fingerprint density at radius 1 is 1.14 bits per heavy atom. The van der Waals surface area contributed by atoms with Crippen LogP contribution in [0.3, 0.4) is 0 Å². The fourth-order valence-electron chi connectivity index (χ4n) is 4.00. The van der Waals surface area contributed by atoms with Crippen molar-refractivity contribution in [1.29, 1.82) is 0 Å². The number of hydrogen-bond acceptors (Lipinski definition) is 3. The number of benzene rings is 2. The van der Waals surface area contributed by atoms with Gasteiger partial charge in [-0.2, -0.15) is 0 Å². The summed E-state index contributed by atoms with van der Waals surface area (Å²) in [5.74, 6) is 0.634. The quantitative estimate of drug-likeness (QED) is 0.725. The maximum atomic E-state index is 12.7. The Bertz CT molecular complexity index is 957. The van der Waals surface area contributed by atoms with E-state index >= 15 is 0 Å². The zero-order valence-corrected chi connectivity index (χ0v) is 18.1. The molecule has 7 heteroatoms. The van der Waals surface area contributed by atoms with Crippen LogP contribution in [0.5, 0.6) is 0 Å². The van der Waals surface area contributed by atoms with Gasteiger partial charge in [-0.25, -0.2) is 4.79 Å². The highest BCUT2D eigenvalue weighted by molar-refractivity contribution is 8.02. The summed E-state index contributed by atoms with van der Waals surface area (Å²) in [7, 11) is 0. The highest BCUT2D eigenvalue weighted by Gasteiger charge is 2.49. The summed E-state index contributed by atoms with van der Waals surface area (Å²) in [5.41, 5.74) is 3.75. The second-order valence-corrected chi connectivity index (χ2v) is 9.43. The summed E-state index contributed by atoms with van der Waals surface area (Å²) in [4.78, 5) is 28.9. The molecule has 2 aliphatic rings. The molecule has 2 heterocycles. The molecule has 0 atom stereocenters. The van der Waals surface area contributed by atoms with E-state index in [4.69, 9.17) is 11.6 Å². The summed E-state index contributed by atoms with van der Waals surface area (Å²) in [6.45, 7) is 5.18. The highest BCUT2D eigenvalue weighted by atomic mass is 35.5. The van der Waals surface area contributed by atoms with E-state index in [9.17, 15) is 9.59 Å². The van der Waals surface area contributed by atoms with Gasteiger partial charge in [0.15, 0.2) is 0 Å². The molecular formula is C22H24ClN3O2S. The van der Waals surface area contributed by atoms with Gasteiger partial charge in [0.05, 0.1) is 10.6 Å². The number of aryl methyl sites for hydroxylation is 2. The smallest absolute Gasteiger partial charge is 0.321 e. The number of piperidine rings is 1. The molecule has 0 aliphatic carbocycles. The molecule has 152 valence electrons. The standard InChI is InChI=1S/C22H24ClN3O2S/c1-15-4-3-5-18(12-15)26-20(27)14-29-22(26)8-10-25(11-9-22)21(28)24-17-7-6-16(2)19(23)13-17/h3-7,12-13H,8-11,14H2,1-2H3,(H,24,28). The first-order valence-electron chi connectivity index (χ1n) is 9.74. The molecule has 2 aliphatic heterocycles. The van der Waals surface area contributed by atoms with E-state index < -0.39 is 0 Å². The lowest BCUT2D eigenvalue weighted by Crippen LogP contribution is -2.53. The number of nitrogens with zero attached hydrogens (tertiary/aromatic N) is 2. The Kier molecular flexibility index (Phi) is 5.49. The van der Waals surface area contributed by atoms with Gasteiger partial charge < -0.3 is 10.2 Å². The number of urea groups is 1. The number of likely N-dealkylation sites (tertiary alicyclic amines) is 1. The molecule has 29 heavy (non-hydrogen) atoms. The molecule has 2 aromatic carbocycles. The topological polar surface area (TPSA) is 52.7 Å². The maximum Gasteiger partial charge on any atom is 0.321 e. The molecule has 0 unspecified atom stereocenters. The van der Waals surface area contributed by atoms with Gasteiger partial charge in [0, 0.05) is 29.5 Å². The largest absolute Gasteiger partial charge is 0.324 e. The van der Waals surface area contributed by atoms with E-state index in [2.05, 4.69) is 11.4 Å². The van der Waals surface area contributed by atoms with E-state index in [1.54, 1.807) is 17.8 Å². The van der Waals surface area contributed by atoms with Crippen molar-refractivity contribution in [2.45, 2.75) is 31.6 Å². The minimum Gasteiger partial charge on any atom is -0.324 e. The molecule has 1 N–H and O–H groups in total. The van der Waals surface area contributed by atoms with Crippen LogP contribution in [0.15, 0.2) is 42.5 Å². The molecule has 1 spiro atoms. The number of hydrogen-bond donors (Lipinski definition) is 1. The third-order valence-electron chi connectivity index (χ3n) is 5.64. The number of amides is 3. The van der Waals surface area contributed by atoms with Gasteiger partial charge in [0.25, 0.3) is 0 Å². The molecule has 0 radical (unpaired) electrons. The summed E-state index contributed by atoms with van der Waals surface area (Å²) in [6, 6.07) is 13.5. The lowest BCUT2D eigenvalue weighted by Gasteiger charge is -2.44. The average molecular weight is 430 g/mol. The van der Waals surface area contributed by atoms with Crippen molar-refractivity contribution in [1.82, 2.24) is 4.90 Å². The molecule has 0 aromatic heterocycles. The van der Waals surface area contributed by atoms with Gasteiger partial charge in [-0.3, -0.25) is 9.69 Å². The molecule has 2 saturated heterocycles. The third-order valence-corrected chi connectivity index (χ3v) is 7.56. The number of nitrogens with one attached hydrogen (secondary N) is 1. The Labute approximate surface area is 180 Å². The number of anilines is 2. The van der Waals surface area contributed by atoms with Gasteiger partial charge >= 0.3 is 6.03 Å². The average Bonchev–Trinajstić information content (AvgIpc) is 3.01. The number of rotatable bonds is 2. The maximum absolute atomic E-state index is 12.7. The van der Waals surface area contributed by atoms with Crippen LogP contribution in [0.25, 0.3) is 0 Å². The first-order valence-corrected chi connectivity index (χ1v) is 11.1. The van der Waals surface area contributed by atoms with Crippen molar-refractivity contribution in [3.63, 3.8) is 0 Å². The van der Waals surface area contributed by atoms with Crippen LogP contribution in [0, 0.1) is 13.8 Å². The van der Waals surface area contributed by atoms with Crippen molar-refractivity contribution >= 4 is 46.7 Å². The van der Waals surface area contributed by atoms with Gasteiger partial charge in [-0.05, 0) is 62.1 Å². The van der Waals surface area contributed by atoms with Crippen LogP contribution >= 0.6 is 23.4 Å². The Hall–Kier alpha value is -2.18. The summed E-state index contributed by atoms with van der Waals surface area (Å²) in [5, 5.41) is 3.57. The Morgan fingerprint density at radius 2 is 1.90 bits per heavy atom. The summed E-state index contributed by atoms with van der Waals surface area (Å²) < 4.78 is 0. The molecule has 2 fully saturated rings. The van der Waals surface area contributed by atoms with Crippen LogP contribution in [-0.4, -0.2) is 40.6 Å². The van der Waals surface area contributed by atoms with Gasteiger partial charge in [0.2, 0.25) is 5.91 Å². The summed E-state index contributed by atoms with van der Waals surface area (Å²) >= 11 is 7.86. The number of carbonyl (C=O) groups excluding carboxylic acids is 2. The second kappa shape index (κ2) is 7.92. The molecule has 5 nitrogen and oxygen atoms in total. The van der Waals surface area contributed by atoms with E-state index in [0.29, 0.717) is 29.6 Å². The molecule has 2 aromatic rings. The Morgan fingerprint density at radius 3 is 2.59 bits per heavy atom. The number of halogens is 1. The van der Waals surface area contributed by atoms with Crippen LogP contribution in [0.1, 0.15) is 24.0 Å². The van der Waals surface area contributed by atoms with Crippen LogP contribution < -0.4 is 10.2 Å². The lowest BCUT2D eigenvalue weighted by molar-refractivity contribution is -0.116. The summed E-state index contributed by atoms with van der Waals surface area (Å²) in [6.07, 6.45) is 1.50. The van der Waals surface area contributed by atoms with Crippen molar-refractivity contribution in [2.75, 3.05) is 29.1 Å². The minimum absolute atomic E-state index is 0.129. The fourth-order valence-corrected chi connectivity index (χ4v) is 5.51. The SMILES string of the molecule is Cc1cccc(N2C(=O)CSC23CCN(C(=O)Nc2ccc(C)c(Cl)c2)CC3)c1. The Balaban J connectivity index is 1.45. The molecular weight excluding hydrogens is 406 g/mol. The molecule has 0 bridgehead atoms. The normalized spacial score (nSPS) is 18.4. The van der Waals surface area contributed by atoms with Crippen LogP contribution in [0.4, 0.5) is 16.2 Å². The minimum atomic E-state index is -0.269. The first kappa shape index (κ1) is 20.1. The molecule has 0 saturated carbocycles. The molecule has 4 rings (SSSR count). The van der Waals surface area contributed by atoms with Crippen molar-refractivity contribution < 1.29 is 9.59 Å². The first-order chi connectivity index (χ1) is 13.9. The monoisotopic (exact) mass is 429 g/mol. The third kappa shape index (κ3) is 3.96. The van der Waals surface area contributed by atoms with Crippen molar-refractivity contribution in [3.05, 3.63) is 58.6 Å². The van der Waals surface area contributed by atoms with Crippen LogP contribution in [-0.2, 0) is 4.79 Å². The van der Waals surface area contributed by atoms with Crippen molar-refractivity contribution in [2.24, 2.45) is 0 Å². The predicted molar refractivity (Wildman–Crippen MR) is 120 cm³/mol. The number of thioether (sulfide) groups is 1. The zero-order valence-electron chi connectivity index (χ0n) is 16.6. The van der Waals surface area contributed by atoms with E-state index in [1.807, 2.05) is 54.0 Å². The van der Waals surface area contributed by atoms with Crippen molar-refractivity contribution in [3.8, 4) is 0 Å². The van der Waals surface area contributed by atoms with Crippen LogP contribution in [0.2, 0.25) is 5.02 Å². The van der Waals surface area contributed by atoms with Gasteiger partial charge in [0.1, 0.15) is 0 Å². The van der Waals surface area contributed by atoms with E-state index in [1.165, 1.54) is 0 Å². The molecule has 3 amide bonds. The van der Waals surface area contributed by atoms with Gasteiger partial charge in [-0.1, -0.05) is 29.8 Å². The highest BCUT2D eigenvalue weighted by Crippen LogP contribution is 2.46. The predicted octanol–water partition coefficient (Wildman–Crippen LogP) is 5.06. The number of carbonyl (C=O) groups is 2. The van der Waals surface area contributed by atoms with Gasteiger partial charge in [-0.15, -0.1) is 11.8 Å². The zero-order chi connectivity index (χ0) is 20.6. The van der Waals surface area contributed by atoms with E-state index in [-0.39, 0.29) is 16.8 Å². The lowest BCUT2D eigenvalue weighted by atomic mass is 10.0. The fraction of sp³-hybridized carbons (Fsp3) is 0.364. The second-order valence-electron chi connectivity index (χ2n) is 7.68. The van der Waals surface area contributed by atoms with E-state index in [0.717, 1.165) is 29.7 Å².